The fourth-order valence-corrected chi connectivity index (χ4v) is 2.12. The molecule has 0 aromatic heterocycles. The Bertz CT molecular complexity index is 512. The van der Waals surface area contributed by atoms with E-state index in [4.69, 9.17) is 10.00 Å². The molecule has 0 N–H and O–H groups in total. The van der Waals surface area contributed by atoms with Crippen molar-refractivity contribution in [3.05, 3.63) is 28.3 Å². The summed E-state index contributed by atoms with van der Waals surface area (Å²) in [6, 6.07) is 4.02. The van der Waals surface area contributed by atoms with Crippen molar-refractivity contribution in [2.24, 2.45) is 5.92 Å². The van der Waals surface area contributed by atoms with Crippen molar-refractivity contribution in [3.8, 4) is 11.8 Å². The molecule has 3 heteroatoms. The number of carbonyl (C=O) groups excluding carboxylic acids is 1. The van der Waals surface area contributed by atoms with Gasteiger partial charge in [0.05, 0.1) is 18.7 Å². The third kappa shape index (κ3) is 2.38. The predicted octanol–water partition coefficient (Wildman–Crippen LogP) is 3.35. The van der Waals surface area contributed by atoms with Gasteiger partial charge in [0, 0.05) is 0 Å². The normalized spacial score (nSPS) is 11.8. The molecule has 0 aliphatic heterocycles. The standard InChI is InChI=1S/C15H19NO2/c1-6-12(8-16)14(17)13-10(3)7-9(2)11(4)15(13)18-5/h7,12H,6H2,1-5H3. The van der Waals surface area contributed by atoms with Crippen LogP contribution in [0, 0.1) is 38.0 Å². The minimum Gasteiger partial charge on any atom is -0.496 e. The fraction of sp³-hybridized carbons (Fsp3) is 0.467. The maximum Gasteiger partial charge on any atom is 0.183 e. The van der Waals surface area contributed by atoms with Crippen LogP contribution in [-0.2, 0) is 0 Å². The third-order valence-electron chi connectivity index (χ3n) is 3.32. The minimum atomic E-state index is -0.597. The van der Waals surface area contributed by atoms with Crippen LogP contribution in [0.1, 0.15) is 40.4 Å². The first-order valence-electron chi connectivity index (χ1n) is 6.06. The van der Waals surface area contributed by atoms with Gasteiger partial charge in [-0.25, -0.2) is 0 Å². The highest BCUT2D eigenvalue weighted by atomic mass is 16.5. The van der Waals surface area contributed by atoms with Crippen LogP contribution in [-0.4, -0.2) is 12.9 Å². The number of ether oxygens (including phenoxy) is 1. The minimum absolute atomic E-state index is 0.141. The van der Waals surface area contributed by atoms with Gasteiger partial charge in [0.2, 0.25) is 0 Å². The highest BCUT2D eigenvalue weighted by Crippen LogP contribution is 2.31. The summed E-state index contributed by atoms with van der Waals surface area (Å²) >= 11 is 0. The second-order valence-corrected chi connectivity index (χ2v) is 4.50. The number of carbonyl (C=O) groups is 1. The SMILES string of the molecule is CCC(C#N)C(=O)c1c(C)cc(C)c(C)c1OC. The number of hydrogen-bond donors (Lipinski definition) is 0. The first kappa shape index (κ1) is 14.2. The lowest BCUT2D eigenvalue weighted by molar-refractivity contribution is 0.0943. The Morgan fingerprint density at radius 1 is 1.39 bits per heavy atom. The highest BCUT2D eigenvalue weighted by Gasteiger charge is 2.24. The number of hydrogen-bond acceptors (Lipinski definition) is 3. The van der Waals surface area contributed by atoms with Crippen LogP contribution in [0.2, 0.25) is 0 Å². The van der Waals surface area contributed by atoms with Crippen LogP contribution >= 0.6 is 0 Å². The summed E-state index contributed by atoms with van der Waals surface area (Å²) in [7, 11) is 1.56. The summed E-state index contributed by atoms with van der Waals surface area (Å²) in [5.41, 5.74) is 3.47. The number of benzene rings is 1. The molecule has 0 heterocycles. The molecule has 0 saturated heterocycles. The van der Waals surface area contributed by atoms with Gasteiger partial charge in [0.15, 0.2) is 5.78 Å². The van der Waals surface area contributed by atoms with E-state index in [1.54, 1.807) is 7.11 Å². The first-order valence-corrected chi connectivity index (χ1v) is 6.06. The average Bonchev–Trinajstić information content (AvgIpc) is 2.34. The van der Waals surface area contributed by atoms with Crippen molar-refractivity contribution in [1.29, 1.82) is 5.26 Å². The summed E-state index contributed by atoms with van der Waals surface area (Å²) in [6.07, 6.45) is 0.519. The van der Waals surface area contributed by atoms with Crippen molar-refractivity contribution in [2.75, 3.05) is 7.11 Å². The maximum atomic E-state index is 12.4. The molecule has 1 aromatic carbocycles. The van der Waals surface area contributed by atoms with Gasteiger partial charge in [-0.1, -0.05) is 13.0 Å². The molecule has 3 nitrogen and oxygen atoms in total. The van der Waals surface area contributed by atoms with Gasteiger partial charge in [-0.2, -0.15) is 5.26 Å². The van der Waals surface area contributed by atoms with E-state index in [0.717, 1.165) is 16.7 Å². The monoisotopic (exact) mass is 245 g/mol. The zero-order valence-corrected chi connectivity index (χ0v) is 11.6. The van der Waals surface area contributed by atoms with Gasteiger partial charge in [-0.15, -0.1) is 0 Å². The second-order valence-electron chi connectivity index (χ2n) is 4.50. The quantitative estimate of drug-likeness (QED) is 0.764. The average molecular weight is 245 g/mol. The Labute approximate surface area is 108 Å². The van der Waals surface area contributed by atoms with E-state index in [0.29, 0.717) is 17.7 Å². The van der Waals surface area contributed by atoms with Gasteiger partial charge >= 0.3 is 0 Å². The van der Waals surface area contributed by atoms with Crippen LogP contribution < -0.4 is 4.74 Å². The molecule has 1 rings (SSSR count). The van der Waals surface area contributed by atoms with Crippen LogP contribution in [0.25, 0.3) is 0 Å². The molecule has 0 radical (unpaired) electrons. The maximum absolute atomic E-state index is 12.4. The number of ketones is 1. The largest absolute Gasteiger partial charge is 0.496 e. The van der Waals surface area contributed by atoms with Gasteiger partial charge in [-0.05, 0) is 43.9 Å². The van der Waals surface area contributed by atoms with Gasteiger partial charge in [0.25, 0.3) is 0 Å². The van der Waals surface area contributed by atoms with Gasteiger partial charge in [0.1, 0.15) is 11.7 Å². The Kier molecular flexibility index (Phi) is 4.49. The van der Waals surface area contributed by atoms with E-state index in [1.165, 1.54) is 0 Å². The van der Waals surface area contributed by atoms with Crippen molar-refractivity contribution in [3.63, 3.8) is 0 Å². The Morgan fingerprint density at radius 2 is 2.00 bits per heavy atom. The van der Waals surface area contributed by atoms with Crippen molar-refractivity contribution in [1.82, 2.24) is 0 Å². The second kappa shape index (κ2) is 5.68. The lowest BCUT2D eigenvalue weighted by Crippen LogP contribution is -2.15. The van der Waals surface area contributed by atoms with E-state index >= 15 is 0 Å². The lowest BCUT2D eigenvalue weighted by Gasteiger charge is -2.17. The first-order chi connectivity index (χ1) is 8.47. The summed E-state index contributed by atoms with van der Waals surface area (Å²) in [4.78, 5) is 12.4. The number of methoxy groups -OCH3 is 1. The molecule has 0 fully saturated rings. The number of rotatable bonds is 4. The molecule has 1 aromatic rings. The molecule has 0 spiro atoms. The molecule has 18 heavy (non-hydrogen) atoms. The van der Waals surface area contributed by atoms with Crippen LogP contribution in [0.3, 0.4) is 0 Å². The molecular formula is C15H19NO2. The zero-order valence-electron chi connectivity index (χ0n) is 11.6. The summed E-state index contributed by atoms with van der Waals surface area (Å²) in [6.45, 7) is 7.64. The summed E-state index contributed by atoms with van der Waals surface area (Å²) < 4.78 is 5.37. The molecule has 1 unspecified atom stereocenters. The third-order valence-corrected chi connectivity index (χ3v) is 3.32. The molecule has 96 valence electrons. The fourth-order valence-electron chi connectivity index (χ4n) is 2.12. The van der Waals surface area contributed by atoms with E-state index in [9.17, 15) is 4.79 Å². The molecule has 1 atom stereocenters. The summed E-state index contributed by atoms with van der Waals surface area (Å²) in [5, 5.41) is 9.02. The molecule has 0 aliphatic rings. The summed E-state index contributed by atoms with van der Waals surface area (Å²) in [5.74, 6) is -0.136. The lowest BCUT2D eigenvalue weighted by atomic mass is 9.90. The van der Waals surface area contributed by atoms with E-state index in [1.807, 2.05) is 33.8 Å². The van der Waals surface area contributed by atoms with Crippen LogP contribution in [0.15, 0.2) is 6.07 Å². The van der Waals surface area contributed by atoms with E-state index < -0.39 is 5.92 Å². The van der Waals surface area contributed by atoms with Crippen LogP contribution in [0.5, 0.6) is 5.75 Å². The molecule has 0 amide bonds. The zero-order chi connectivity index (χ0) is 13.9. The van der Waals surface area contributed by atoms with Crippen molar-refractivity contribution >= 4 is 5.78 Å². The Hall–Kier alpha value is -1.82. The number of aryl methyl sites for hydroxylation is 2. The number of nitriles is 1. The van der Waals surface area contributed by atoms with Crippen molar-refractivity contribution in [2.45, 2.75) is 34.1 Å². The predicted molar refractivity (Wildman–Crippen MR) is 70.9 cm³/mol. The number of Topliss-reactive ketones (excluding diaryl/α,β-unsaturated/α-hetero) is 1. The van der Waals surface area contributed by atoms with Gasteiger partial charge < -0.3 is 4.74 Å². The molecule has 0 aliphatic carbocycles. The smallest absolute Gasteiger partial charge is 0.183 e. The number of nitrogens with zero attached hydrogens (tertiary/aromatic N) is 1. The van der Waals surface area contributed by atoms with E-state index in [2.05, 4.69) is 6.07 Å². The van der Waals surface area contributed by atoms with Crippen molar-refractivity contribution < 1.29 is 9.53 Å². The topological polar surface area (TPSA) is 50.1 Å². The highest BCUT2D eigenvalue weighted by molar-refractivity contribution is 6.03. The van der Waals surface area contributed by atoms with Gasteiger partial charge in [-0.3, -0.25) is 4.79 Å². The molecule has 0 bridgehead atoms. The molecule has 0 saturated carbocycles. The molecular weight excluding hydrogens is 226 g/mol. The van der Waals surface area contributed by atoms with E-state index in [-0.39, 0.29) is 5.78 Å². The van der Waals surface area contributed by atoms with Crippen LogP contribution in [0.4, 0.5) is 0 Å². The Balaban J connectivity index is 3.46. The Morgan fingerprint density at radius 3 is 2.44 bits per heavy atom.